The molecule has 23 heavy (non-hydrogen) atoms. The lowest BCUT2D eigenvalue weighted by atomic mass is 10.1. The fraction of sp³-hybridized carbons (Fsp3) is 0.588. The molecule has 2 aliphatic rings. The Morgan fingerprint density at radius 2 is 2.13 bits per heavy atom. The number of anilines is 1. The first-order valence-corrected chi connectivity index (χ1v) is 8.63. The summed E-state index contributed by atoms with van der Waals surface area (Å²) in [5, 5.41) is 3.84. The molecule has 0 aliphatic carbocycles. The zero-order valence-electron chi connectivity index (χ0n) is 13.6. The van der Waals surface area contributed by atoms with Crippen LogP contribution < -0.4 is 10.2 Å². The Bertz CT molecular complexity index is 561. The molecule has 126 valence electrons. The Morgan fingerprint density at radius 1 is 1.35 bits per heavy atom. The number of carbonyl (C=O) groups excluding carboxylic acids is 1. The van der Waals surface area contributed by atoms with Crippen molar-refractivity contribution in [2.75, 3.05) is 50.8 Å². The van der Waals surface area contributed by atoms with Gasteiger partial charge in [0.1, 0.15) is 0 Å². The van der Waals surface area contributed by atoms with Gasteiger partial charge >= 0.3 is 6.03 Å². The number of nitrogens with zero attached hydrogens (tertiary/aromatic N) is 2. The molecule has 0 spiro atoms. The molecule has 0 radical (unpaired) electrons. The van der Waals surface area contributed by atoms with E-state index >= 15 is 0 Å². The van der Waals surface area contributed by atoms with Crippen molar-refractivity contribution in [3.05, 3.63) is 28.8 Å². The molecule has 1 aromatic carbocycles. The number of morpholine rings is 1. The van der Waals surface area contributed by atoms with E-state index in [4.69, 9.17) is 16.3 Å². The fourth-order valence-electron chi connectivity index (χ4n) is 3.25. The standard InChI is InChI=1S/C17H24ClN3O2/c1-13-2-3-15(18)10-16(13)21-5-4-14(12-21)11-19-17(22)20-6-8-23-9-7-20/h2-3,10,14H,4-9,11-12H2,1H3,(H,19,22)/t14-/m0/s1. The molecule has 3 rings (SSSR count). The lowest BCUT2D eigenvalue weighted by molar-refractivity contribution is 0.0530. The Balaban J connectivity index is 1.50. The smallest absolute Gasteiger partial charge is 0.317 e. The minimum Gasteiger partial charge on any atom is -0.378 e. The van der Waals surface area contributed by atoms with Crippen LogP contribution in [0.25, 0.3) is 0 Å². The number of aryl methyl sites for hydroxylation is 1. The van der Waals surface area contributed by atoms with Gasteiger partial charge in [0.25, 0.3) is 0 Å². The highest BCUT2D eigenvalue weighted by Crippen LogP contribution is 2.29. The van der Waals surface area contributed by atoms with E-state index in [2.05, 4.69) is 23.2 Å². The third kappa shape index (κ3) is 4.09. The minimum absolute atomic E-state index is 0.0330. The number of hydrogen-bond donors (Lipinski definition) is 1. The van der Waals surface area contributed by atoms with Crippen molar-refractivity contribution in [1.29, 1.82) is 0 Å². The average molecular weight is 338 g/mol. The van der Waals surface area contributed by atoms with Crippen LogP contribution in [0.2, 0.25) is 5.02 Å². The number of urea groups is 1. The summed E-state index contributed by atoms with van der Waals surface area (Å²) in [5.74, 6) is 0.485. The number of ether oxygens (including phenoxy) is 1. The van der Waals surface area contributed by atoms with Crippen molar-refractivity contribution >= 4 is 23.3 Å². The topological polar surface area (TPSA) is 44.8 Å². The summed E-state index contributed by atoms with van der Waals surface area (Å²) in [5.41, 5.74) is 2.45. The second-order valence-electron chi connectivity index (χ2n) is 6.32. The highest BCUT2D eigenvalue weighted by molar-refractivity contribution is 6.30. The molecule has 1 aromatic rings. The first-order chi connectivity index (χ1) is 11.1. The van der Waals surface area contributed by atoms with E-state index in [9.17, 15) is 4.79 Å². The van der Waals surface area contributed by atoms with Gasteiger partial charge < -0.3 is 19.9 Å². The van der Waals surface area contributed by atoms with Crippen LogP contribution in [0.3, 0.4) is 0 Å². The van der Waals surface area contributed by atoms with Gasteiger partial charge in [-0.2, -0.15) is 0 Å². The normalized spacial score (nSPS) is 21.6. The maximum Gasteiger partial charge on any atom is 0.317 e. The molecule has 5 nitrogen and oxygen atoms in total. The molecule has 0 bridgehead atoms. The lowest BCUT2D eigenvalue weighted by Crippen LogP contribution is -2.47. The molecule has 2 aliphatic heterocycles. The predicted molar refractivity (Wildman–Crippen MR) is 92.3 cm³/mol. The van der Waals surface area contributed by atoms with Gasteiger partial charge in [0.2, 0.25) is 0 Å². The Labute approximate surface area is 142 Å². The number of rotatable bonds is 3. The van der Waals surface area contributed by atoms with Crippen molar-refractivity contribution in [2.45, 2.75) is 13.3 Å². The summed E-state index contributed by atoms with van der Waals surface area (Å²) in [6.45, 7) is 7.46. The van der Waals surface area contributed by atoms with Gasteiger partial charge in [-0.1, -0.05) is 17.7 Å². The summed E-state index contributed by atoms with van der Waals surface area (Å²) in [7, 11) is 0. The second-order valence-corrected chi connectivity index (χ2v) is 6.75. The molecule has 2 amide bonds. The molecule has 6 heteroatoms. The van der Waals surface area contributed by atoms with E-state index in [0.29, 0.717) is 32.2 Å². The molecule has 1 atom stereocenters. The maximum absolute atomic E-state index is 12.1. The lowest BCUT2D eigenvalue weighted by Gasteiger charge is -2.27. The monoisotopic (exact) mass is 337 g/mol. The van der Waals surface area contributed by atoms with Crippen molar-refractivity contribution in [3.63, 3.8) is 0 Å². The summed E-state index contributed by atoms with van der Waals surface area (Å²) in [6, 6.07) is 6.05. The summed E-state index contributed by atoms with van der Waals surface area (Å²) < 4.78 is 5.27. The van der Waals surface area contributed by atoms with Gasteiger partial charge in [0.15, 0.2) is 0 Å². The number of benzene rings is 1. The number of hydrogen-bond acceptors (Lipinski definition) is 3. The van der Waals surface area contributed by atoms with Crippen molar-refractivity contribution in [3.8, 4) is 0 Å². The van der Waals surface area contributed by atoms with E-state index < -0.39 is 0 Å². The van der Waals surface area contributed by atoms with Crippen LogP contribution in [0.5, 0.6) is 0 Å². The van der Waals surface area contributed by atoms with Gasteiger partial charge in [-0.05, 0) is 37.0 Å². The van der Waals surface area contributed by atoms with Crippen LogP contribution in [0.15, 0.2) is 18.2 Å². The molecule has 1 N–H and O–H groups in total. The predicted octanol–water partition coefficient (Wildman–Crippen LogP) is 2.52. The molecule has 0 saturated carbocycles. The number of carbonyl (C=O) groups is 1. The van der Waals surface area contributed by atoms with E-state index in [1.807, 2.05) is 17.0 Å². The molecule has 0 unspecified atom stereocenters. The summed E-state index contributed by atoms with van der Waals surface area (Å²) in [6.07, 6.45) is 1.09. The summed E-state index contributed by atoms with van der Waals surface area (Å²) >= 11 is 6.12. The van der Waals surface area contributed by atoms with Crippen LogP contribution in [0.1, 0.15) is 12.0 Å². The highest BCUT2D eigenvalue weighted by Gasteiger charge is 2.25. The molecule has 2 saturated heterocycles. The van der Waals surface area contributed by atoms with E-state index in [0.717, 1.165) is 31.1 Å². The molecular formula is C17H24ClN3O2. The number of amides is 2. The zero-order valence-corrected chi connectivity index (χ0v) is 14.3. The van der Waals surface area contributed by atoms with E-state index in [-0.39, 0.29) is 6.03 Å². The van der Waals surface area contributed by atoms with Crippen LogP contribution in [-0.2, 0) is 4.74 Å². The van der Waals surface area contributed by atoms with Crippen LogP contribution in [-0.4, -0.2) is 56.9 Å². The Morgan fingerprint density at radius 3 is 2.91 bits per heavy atom. The fourth-order valence-corrected chi connectivity index (χ4v) is 3.42. The molecule has 2 fully saturated rings. The molecular weight excluding hydrogens is 314 g/mol. The first kappa shape index (κ1) is 16.4. The van der Waals surface area contributed by atoms with Crippen LogP contribution in [0.4, 0.5) is 10.5 Å². The van der Waals surface area contributed by atoms with Crippen LogP contribution >= 0.6 is 11.6 Å². The molecule has 2 heterocycles. The summed E-state index contributed by atoms with van der Waals surface area (Å²) in [4.78, 5) is 16.3. The SMILES string of the molecule is Cc1ccc(Cl)cc1N1CC[C@@H](CNC(=O)N2CCOCC2)C1. The van der Waals surface area contributed by atoms with Crippen molar-refractivity contribution in [2.24, 2.45) is 5.92 Å². The van der Waals surface area contributed by atoms with Gasteiger partial charge in [-0.15, -0.1) is 0 Å². The van der Waals surface area contributed by atoms with Gasteiger partial charge in [0.05, 0.1) is 13.2 Å². The third-order valence-electron chi connectivity index (χ3n) is 4.64. The minimum atomic E-state index is 0.0330. The third-order valence-corrected chi connectivity index (χ3v) is 4.87. The van der Waals surface area contributed by atoms with E-state index in [1.54, 1.807) is 0 Å². The quantitative estimate of drug-likeness (QED) is 0.921. The van der Waals surface area contributed by atoms with Gasteiger partial charge in [-0.25, -0.2) is 4.79 Å². The number of nitrogens with one attached hydrogen (secondary N) is 1. The first-order valence-electron chi connectivity index (χ1n) is 8.25. The van der Waals surface area contributed by atoms with E-state index in [1.165, 1.54) is 11.3 Å². The van der Waals surface area contributed by atoms with Gasteiger partial charge in [-0.3, -0.25) is 0 Å². The van der Waals surface area contributed by atoms with Crippen molar-refractivity contribution in [1.82, 2.24) is 10.2 Å². The Hall–Kier alpha value is -1.46. The molecule has 0 aromatic heterocycles. The Kier molecular flexibility index (Phi) is 5.28. The maximum atomic E-state index is 12.1. The van der Waals surface area contributed by atoms with Crippen LogP contribution in [0, 0.1) is 12.8 Å². The zero-order chi connectivity index (χ0) is 16.2. The second kappa shape index (κ2) is 7.41. The average Bonchev–Trinajstić information content (AvgIpc) is 3.04. The van der Waals surface area contributed by atoms with Crippen molar-refractivity contribution < 1.29 is 9.53 Å². The highest BCUT2D eigenvalue weighted by atomic mass is 35.5. The largest absolute Gasteiger partial charge is 0.378 e. The van der Waals surface area contributed by atoms with Gasteiger partial charge in [0, 0.05) is 43.4 Å². The number of halogens is 1.